The van der Waals surface area contributed by atoms with Gasteiger partial charge in [-0.2, -0.15) is 0 Å². The van der Waals surface area contributed by atoms with Gasteiger partial charge in [-0.25, -0.2) is 0 Å². The summed E-state index contributed by atoms with van der Waals surface area (Å²) in [5, 5.41) is 4.31. The van der Waals surface area contributed by atoms with E-state index in [-0.39, 0.29) is 0 Å². The van der Waals surface area contributed by atoms with Gasteiger partial charge in [-0.05, 0) is 28.8 Å². The molecule has 5 heteroatoms. The number of ether oxygens (including phenoxy) is 2. The number of rotatable bonds is 8. The average Bonchev–Trinajstić information content (AvgIpc) is 3.30. The van der Waals surface area contributed by atoms with E-state index in [1.807, 2.05) is 42.5 Å². The van der Waals surface area contributed by atoms with Gasteiger partial charge in [0.15, 0.2) is 16.7 Å². The van der Waals surface area contributed by atoms with Crippen LogP contribution in [0.25, 0.3) is 0 Å². The van der Waals surface area contributed by atoms with Crippen LogP contribution in [0.2, 0.25) is 0 Å². The Kier molecular flexibility index (Phi) is 6.71. The third-order valence-corrected chi connectivity index (χ3v) is 5.53. The predicted molar refractivity (Wildman–Crippen MR) is 120 cm³/mol. The minimum Gasteiger partial charge on any atom is -0.485 e. The Morgan fingerprint density at radius 2 is 1.41 bits per heavy atom. The van der Waals surface area contributed by atoms with Crippen molar-refractivity contribution in [3.63, 3.8) is 0 Å². The van der Waals surface area contributed by atoms with Crippen LogP contribution in [-0.4, -0.2) is 18.3 Å². The summed E-state index contributed by atoms with van der Waals surface area (Å²) in [5.41, 5.74) is 3.44. The second kappa shape index (κ2) is 10.0. The van der Waals surface area contributed by atoms with Crippen LogP contribution in [0.4, 0.5) is 0 Å². The predicted octanol–water partition coefficient (Wildman–Crippen LogP) is 5.04. The lowest BCUT2D eigenvalue weighted by Gasteiger charge is -2.15. The summed E-state index contributed by atoms with van der Waals surface area (Å²) in [6.07, 6.45) is 0. The smallest absolute Gasteiger partial charge is 0.162 e. The maximum Gasteiger partial charge on any atom is 0.162 e. The first-order valence-electron chi connectivity index (χ1n) is 9.74. The molecule has 0 aromatic heterocycles. The number of nitrogens with zero attached hydrogens (tertiary/aromatic N) is 1. The molecule has 0 radical (unpaired) electrons. The first kappa shape index (κ1) is 19.4. The lowest BCUT2D eigenvalue weighted by Crippen LogP contribution is -2.15. The largest absolute Gasteiger partial charge is 0.485 e. The third kappa shape index (κ3) is 5.78. The Morgan fingerprint density at radius 1 is 0.759 bits per heavy atom. The van der Waals surface area contributed by atoms with Gasteiger partial charge >= 0.3 is 0 Å². The van der Waals surface area contributed by atoms with Crippen LogP contribution in [0.15, 0.2) is 83.9 Å². The van der Waals surface area contributed by atoms with E-state index >= 15 is 0 Å². The quantitative estimate of drug-likeness (QED) is 0.571. The van der Waals surface area contributed by atoms with Crippen molar-refractivity contribution < 1.29 is 9.47 Å². The molecule has 4 rings (SSSR count). The molecule has 3 aromatic rings. The second-order valence-corrected chi connectivity index (χ2v) is 7.70. The van der Waals surface area contributed by atoms with Crippen molar-refractivity contribution >= 4 is 16.9 Å². The average molecular weight is 405 g/mol. The molecule has 0 amide bonds. The molecule has 0 aliphatic carbocycles. The van der Waals surface area contributed by atoms with Gasteiger partial charge in [-0.15, -0.1) is 0 Å². The van der Waals surface area contributed by atoms with E-state index in [1.54, 1.807) is 11.8 Å². The van der Waals surface area contributed by atoms with Crippen LogP contribution < -0.4 is 14.8 Å². The van der Waals surface area contributed by atoms with Gasteiger partial charge in [0.1, 0.15) is 13.2 Å². The van der Waals surface area contributed by atoms with Crippen molar-refractivity contribution in [3.8, 4) is 11.5 Å². The fraction of sp³-hybridized carbons (Fsp3) is 0.208. The summed E-state index contributed by atoms with van der Waals surface area (Å²) >= 11 is 1.72. The Bertz CT molecular complexity index is 946. The van der Waals surface area contributed by atoms with Crippen molar-refractivity contribution in [2.75, 3.05) is 13.1 Å². The van der Waals surface area contributed by atoms with E-state index < -0.39 is 0 Å². The fourth-order valence-electron chi connectivity index (χ4n) is 2.97. The molecule has 0 saturated carbocycles. The van der Waals surface area contributed by atoms with Crippen LogP contribution in [0.3, 0.4) is 0 Å². The fourth-order valence-corrected chi connectivity index (χ4v) is 3.84. The monoisotopic (exact) mass is 404 g/mol. The maximum absolute atomic E-state index is 6.14. The summed E-state index contributed by atoms with van der Waals surface area (Å²) in [6, 6.07) is 26.5. The summed E-state index contributed by atoms with van der Waals surface area (Å²) in [6.45, 7) is 2.81. The van der Waals surface area contributed by atoms with E-state index in [0.29, 0.717) is 13.2 Å². The SMILES string of the molecule is c1ccc(COc2ccc(CSC3=NCCN3)cc2OCc2ccccc2)cc1. The third-order valence-electron chi connectivity index (χ3n) is 4.50. The molecule has 3 aromatic carbocycles. The number of aliphatic imine (C=N–C) groups is 1. The highest BCUT2D eigenvalue weighted by molar-refractivity contribution is 8.13. The highest BCUT2D eigenvalue weighted by atomic mass is 32.2. The van der Waals surface area contributed by atoms with Gasteiger partial charge in [-0.1, -0.05) is 78.5 Å². The van der Waals surface area contributed by atoms with Gasteiger partial charge in [0, 0.05) is 12.3 Å². The Hall–Kier alpha value is -2.92. The Morgan fingerprint density at radius 3 is 2.03 bits per heavy atom. The van der Waals surface area contributed by atoms with Gasteiger partial charge in [0.2, 0.25) is 0 Å². The zero-order valence-corrected chi connectivity index (χ0v) is 17.0. The number of thioether (sulfide) groups is 1. The molecule has 0 fully saturated rings. The highest BCUT2D eigenvalue weighted by Crippen LogP contribution is 2.31. The van der Waals surface area contributed by atoms with Crippen molar-refractivity contribution in [1.29, 1.82) is 0 Å². The molecule has 1 heterocycles. The van der Waals surface area contributed by atoms with Crippen molar-refractivity contribution in [1.82, 2.24) is 5.32 Å². The topological polar surface area (TPSA) is 42.8 Å². The van der Waals surface area contributed by atoms with Crippen LogP contribution >= 0.6 is 11.8 Å². The highest BCUT2D eigenvalue weighted by Gasteiger charge is 2.11. The van der Waals surface area contributed by atoms with E-state index in [0.717, 1.165) is 46.6 Å². The normalized spacial score (nSPS) is 12.9. The lowest BCUT2D eigenvalue weighted by atomic mass is 10.2. The minimum absolute atomic E-state index is 0.507. The first-order chi connectivity index (χ1) is 14.4. The van der Waals surface area contributed by atoms with Crippen molar-refractivity contribution in [2.24, 2.45) is 4.99 Å². The van der Waals surface area contributed by atoms with E-state index in [1.165, 1.54) is 5.56 Å². The molecular weight excluding hydrogens is 380 g/mol. The first-order valence-corrected chi connectivity index (χ1v) is 10.7. The summed E-state index contributed by atoms with van der Waals surface area (Å²) in [4.78, 5) is 4.44. The van der Waals surface area contributed by atoms with Crippen LogP contribution in [0, 0.1) is 0 Å². The van der Waals surface area contributed by atoms with Crippen molar-refractivity contribution in [3.05, 3.63) is 95.6 Å². The van der Waals surface area contributed by atoms with E-state index in [2.05, 4.69) is 46.7 Å². The van der Waals surface area contributed by atoms with Gasteiger partial charge in [-0.3, -0.25) is 4.99 Å². The standard InChI is InChI=1S/C24H24N2O2S/c1-3-7-19(8-4-1)16-27-22-12-11-21(18-29-24-25-13-14-26-24)15-23(22)28-17-20-9-5-2-6-10-20/h1-12,15H,13-14,16-18H2,(H,25,26). The van der Waals surface area contributed by atoms with Crippen molar-refractivity contribution in [2.45, 2.75) is 19.0 Å². The molecule has 29 heavy (non-hydrogen) atoms. The molecule has 1 aliphatic heterocycles. The molecule has 0 spiro atoms. The van der Waals surface area contributed by atoms with E-state index in [4.69, 9.17) is 9.47 Å². The zero-order valence-electron chi connectivity index (χ0n) is 16.2. The lowest BCUT2D eigenvalue weighted by molar-refractivity contribution is 0.256. The van der Waals surface area contributed by atoms with E-state index in [9.17, 15) is 0 Å². The molecule has 0 saturated heterocycles. The number of amidine groups is 1. The molecule has 148 valence electrons. The Balaban J connectivity index is 1.46. The number of hydrogen-bond acceptors (Lipinski definition) is 5. The number of hydrogen-bond donors (Lipinski definition) is 1. The van der Waals surface area contributed by atoms with Gasteiger partial charge in [0.25, 0.3) is 0 Å². The molecule has 0 unspecified atom stereocenters. The molecule has 0 atom stereocenters. The van der Waals surface area contributed by atoms with Crippen LogP contribution in [-0.2, 0) is 19.0 Å². The second-order valence-electron chi connectivity index (χ2n) is 6.73. The summed E-state index contributed by atoms with van der Waals surface area (Å²) in [7, 11) is 0. The number of benzene rings is 3. The molecular formula is C24H24N2O2S. The molecule has 0 bridgehead atoms. The number of nitrogens with one attached hydrogen (secondary N) is 1. The van der Waals surface area contributed by atoms with Crippen LogP contribution in [0.5, 0.6) is 11.5 Å². The van der Waals surface area contributed by atoms with Gasteiger partial charge < -0.3 is 14.8 Å². The maximum atomic E-state index is 6.14. The molecule has 1 aliphatic rings. The Labute approximate surface area is 176 Å². The summed E-state index contributed by atoms with van der Waals surface area (Å²) in [5.74, 6) is 2.37. The summed E-state index contributed by atoms with van der Waals surface area (Å²) < 4.78 is 12.2. The molecule has 1 N–H and O–H groups in total. The molecule has 4 nitrogen and oxygen atoms in total. The minimum atomic E-state index is 0.507. The van der Waals surface area contributed by atoms with Gasteiger partial charge in [0.05, 0.1) is 6.54 Å². The van der Waals surface area contributed by atoms with Crippen LogP contribution in [0.1, 0.15) is 16.7 Å². The zero-order chi connectivity index (χ0) is 19.7.